The fourth-order valence-electron chi connectivity index (χ4n) is 4.86. The number of halogens is 1. The Morgan fingerprint density at radius 2 is 1.75 bits per heavy atom. The van der Waals surface area contributed by atoms with Crippen LogP contribution in [0.1, 0.15) is 55.2 Å². The molecule has 2 saturated carbocycles. The highest BCUT2D eigenvalue weighted by molar-refractivity contribution is 7.90. The summed E-state index contributed by atoms with van der Waals surface area (Å²) in [5.41, 5.74) is -0.339. The Balaban J connectivity index is 1.77. The Hall–Kier alpha value is -2.25. The van der Waals surface area contributed by atoms with Gasteiger partial charge in [-0.15, -0.1) is 0 Å². The van der Waals surface area contributed by atoms with E-state index in [1.165, 1.54) is 6.07 Å². The van der Waals surface area contributed by atoms with Gasteiger partial charge in [0, 0.05) is 6.26 Å². The lowest BCUT2D eigenvalue weighted by molar-refractivity contribution is -0.151. The van der Waals surface area contributed by atoms with Crippen LogP contribution in [0.5, 0.6) is 0 Å². The number of carboxylic acid groups (broad SMARTS) is 1. The van der Waals surface area contributed by atoms with Gasteiger partial charge in [-0.1, -0.05) is 30.3 Å². The van der Waals surface area contributed by atoms with Crippen LogP contribution in [-0.2, 0) is 30.4 Å². The number of hydrogen-bond donors (Lipinski definition) is 1. The Morgan fingerprint density at radius 3 is 2.28 bits per heavy atom. The maximum Gasteiger partial charge on any atom is 0.314 e. The zero-order valence-corrected chi connectivity index (χ0v) is 19.3. The number of carboxylic acids is 1. The third-order valence-electron chi connectivity index (χ3n) is 7.18. The summed E-state index contributed by atoms with van der Waals surface area (Å²) in [4.78, 5) is 12.3. The predicted molar refractivity (Wildman–Crippen MR) is 119 cm³/mol. The van der Waals surface area contributed by atoms with E-state index in [1.807, 2.05) is 30.3 Å². The number of benzene rings is 2. The highest BCUT2D eigenvalue weighted by atomic mass is 32.2. The van der Waals surface area contributed by atoms with Crippen LogP contribution in [0.15, 0.2) is 47.4 Å². The fourth-order valence-corrected chi connectivity index (χ4v) is 5.51. The Morgan fingerprint density at radius 1 is 1.12 bits per heavy atom. The van der Waals surface area contributed by atoms with Gasteiger partial charge in [-0.3, -0.25) is 4.79 Å². The van der Waals surface area contributed by atoms with Gasteiger partial charge in [-0.25, -0.2) is 12.8 Å². The average Bonchev–Trinajstić information content (AvgIpc) is 3.59. The van der Waals surface area contributed by atoms with Crippen molar-refractivity contribution in [1.82, 2.24) is 0 Å². The number of sulfone groups is 1. The van der Waals surface area contributed by atoms with E-state index >= 15 is 0 Å². The molecule has 0 aromatic heterocycles. The molecule has 0 heterocycles. The molecule has 2 aromatic carbocycles. The van der Waals surface area contributed by atoms with Gasteiger partial charge in [0.2, 0.25) is 0 Å². The quantitative estimate of drug-likeness (QED) is 0.645. The van der Waals surface area contributed by atoms with Gasteiger partial charge in [0.25, 0.3) is 0 Å². The Kier molecular flexibility index (Phi) is 5.92. The van der Waals surface area contributed by atoms with Gasteiger partial charge >= 0.3 is 5.97 Å². The minimum atomic E-state index is -3.62. The van der Waals surface area contributed by atoms with E-state index in [9.17, 15) is 22.7 Å². The van der Waals surface area contributed by atoms with E-state index in [0.717, 1.165) is 30.7 Å². The van der Waals surface area contributed by atoms with Crippen LogP contribution < -0.4 is 0 Å². The third kappa shape index (κ3) is 4.20. The summed E-state index contributed by atoms with van der Waals surface area (Å²) in [6.07, 6.45) is 4.60. The number of hydrogen-bond acceptors (Lipinski definition) is 4. The van der Waals surface area contributed by atoms with Gasteiger partial charge in [0.05, 0.1) is 22.5 Å². The number of ether oxygens (including phenoxy) is 1. The summed E-state index contributed by atoms with van der Waals surface area (Å²) >= 11 is 0. The molecule has 0 aliphatic heterocycles. The van der Waals surface area contributed by atoms with Gasteiger partial charge < -0.3 is 9.84 Å². The van der Waals surface area contributed by atoms with Crippen molar-refractivity contribution in [2.75, 3.05) is 12.9 Å². The molecule has 0 unspecified atom stereocenters. The zero-order chi connectivity index (χ0) is 23.1. The maximum atomic E-state index is 14.8. The van der Waals surface area contributed by atoms with Crippen LogP contribution in [-0.4, -0.2) is 32.4 Å². The summed E-state index contributed by atoms with van der Waals surface area (Å²) in [5, 5.41) is 10.2. The molecule has 2 aliphatic carbocycles. The van der Waals surface area contributed by atoms with Crippen LogP contribution >= 0.6 is 0 Å². The van der Waals surface area contributed by atoms with Gasteiger partial charge in [-0.05, 0) is 80.2 Å². The fraction of sp³-hybridized carbons (Fsp3) is 0.480. The Bertz CT molecular complexity index is 1110. The molecule has 2 aromatic rings. The molecule has 7 heteroatoms. The zero-order valence-electron chi connectivity index (χ0n) is 18.4. The summed E-state index contributed by atoms with van der Waals surface area (Å²) in [6, 6.07) is 11.8. The average molecular weight is 461 g/mol. The van der Waals surface area contributed by atoms with Crippen LogP contribution in [0.25, 0.3) is 0 Å². The van der Waals surface area contributed by atoms with E-state index in [0.29, 0.717) is 49.3 Å². The second-order valence-corrected chi connectivity index (χ2v) is 11.4. The van der Waals surface area contributed by atoms with Crippen LogP contribution in [0.4, 0.5) is 4.39 Å². The molecule has 0 atom stereocenters. The minimum Gasteiger partial charge on any atom is -0.481 e. The molecule has 4 rings (SSSR count). The van der Waals surface area contributed by atoms with Crippen LogP contribution in [0.3, 0.4) is 0 Å². The second kappa shape index (κ2) is 8.27. The molecule has 172 valence electrons. The van der Waals surface area contributed by atoms with Crippen molar-refractivity contribution >= 4 is 15.8 Å². The molecule has 0 spiro atoms. The standard InChI is InChI=1S/C25H29FO5S/c1-17-21(14-20(15-22(17)26)32(2,29)30)25(31-16-18-8-9-18)12-10-24(11-13-25,23(27)28)19-6-4-3-5-7-19/h3-7,14-15,18H,8-13,16H2,1-2H3,(H,27,28)/t24-,25-. The number of aliphatic carboxylic acids is 1. The van der Waals surface area contributed by atoms with Crippen molar-refractivity contribution < 1.29 is 27.4 Å². The summed E-state index contributed by atoms with van der Waals surface area (Å²) in [5.74, 6) is -1.02. The molecule has 32 heavy (non-hydrogen) atoms. The molecular formula is C25H29FO5S. The Labute approximate surface area is 188 Å². The third-order valence-corrected chi connectivity index (χ3v) is 8.27. The predicted octanol–water partition coefficient (Wildman–Crippen LogP) is 4.76. The van der Waals surface area contributed by atoms with Gasteiger partial charge in [-0.2, -0.15) is 0 Å². The monoisotopic (exact) mass is 460 g/mol. The minimum absolute atomic E-state index is 0.0804. The van der Waals surface area contributed by atoms with Crippen LogP contribution in [0, 0.1) is 18.7 Å². The van der Waals surface area contributed by atoms with Gasteiger partial charge in [0.1, 0.15) is 5.82 Å². The topological polar surface area (TPSA) is 80.7 Å². The lowest BCUT2D eigenvalue weighted by Crippen LogP contribution is -2.46. The van der Waals surface area contributed by atoms with Crippen molar-refractivity contribution in [3.63, 3.8) is 0 Å². The number of rotatable bonds is 7. The van der Waals surface area contributed by atoms with E-state index in [1.54, 1.807) is 6.92 Å². The largest absolute Gasteiger partial charge is 0.481 e. The van der Waals surface area contributed by atoms with Crippen molar-refractivity contribution in [2.45, 2.75) is 61.4 Å². The molecule has 0 radical (unpaired) electrons. The smallest absolute Gasteiger partial charge is 0.314 e. The first-order valence-electron chi connectivity index (χ1n) is 11.0. The molecule has 5 nitrogen and oxygen atoms in total. The molecule has 0 saturated heterocycles. The lowest BCUT2D eigenvalue weighted by atomic mass is 9.63. The van der Waals surface area contributed by atoms with Gasteiger partial charge in [0.15, 0.2) is 9.84 Å². The van der Waals surface area contributed by atoms with Crippen molar-refractivity contribution in [1.29, 1.82) is 0 Å². The molecular weight excluding hydrogens is 431 g/mol. The second-order valence-electron chi connectivity index (χ2n) is 9.35. The van der Waals surface area contributed by atoms with E-state index in [2.05, 4.69) is 0 Å². The first-order chi connectivity index (χ1) is 15.1. The van der Waals surface area contributed by atoms with Crippen molar-refractivity contribution in [3.05, 3.63) is 65.0 Å². The first kappa shape index (κ1) is 22.9. The van der Waals surface area contributed by atoms with E-state index in [4.69, 9.17) is 4.74 Å². The maximum absolute atomic E-state index is 14.8. The molecule has 0 amide bonds. The van der Waals surface area contributed by atoms with Crippen molar-refractivity contribution in [3.8, 4) is 0 Å². The first-order valence-corrected chi connectivity index (χ1v) is 12.9. The summed E-state index contributed by atoms with van der Waals surface area (Å²) < 4.78 is 45.7. The molecule has 1 N–H and O–H groups in total. The number of carbonyl (C=O) groups is 1. The highest BCUT2D eigenvalue weighted by Gasteiger charge is 2.50. The summed E-state index contributed by atoms with van der Waals surface area (Å²) in [6.45, 7) is 2.14. The van der Waals surface area contributed by atoms with Crippen LogP contribution in [0.2, 0.25) is 0 Å². The normalized spacial score (nSPS) is 26.1. The summed E-state index contributed by atoms with van der Waals surface area (Å²) in [7, 11) is -3.62. The molecule has 0 bridgehead atoms. The molecule has 2 fully saturated rings. The van der Waals surface area contributed by atoms with E-state index < -0.39 is 32.6 Å². The van der Waals surface area contributed by atoms with Crippen molar-refractivity contribution in [2.24, 2.45) is 5.92 Å². The molecule has 2 aliphatic rings. The lowest BCUT2D eigenvalue weighted by Gasteiger charge is -2.45. The van der Waals surface area contributed by atoms with E-state index in [-0.39, 0.29) is 4.90 Å². The SMILES string of the molecule is Cc1c(F)cc(S(C)(=O)=O)cc1[C@]1(OCC2CC2)CC[C@@](C(=O)O)(c2ccccc2)CC1. The highest BCUT2D eigenvalue weighted by Crippen LogP contribution is 2.51.